The molecule has 186 valence electrons. The molecule has 11 nitrogen and oxygen atoms in total. The molecule has 0 aliphatic heterocycles. The van der Waals surface area contributed by atoms with E-state index in [1.54, 1.807) is 23.7 Å². The van der Waals surface area contributed by atoms with Crippen LogP contribution in [0.25, 0.3) is 0 Å². The van der Waals surface area contributed by atoms with Crippen LogP contribution in [-0.2, 0) is 9.59 Å². The summed E-state index contributed by atoms with van der Waals surface area (Å²) in [7, 11) is 4.28. The number of nitrogens with one attached hydrogen (secondary N) is 2. The highest BCUT2D eigenvalue weighted by atomic mass is 32.1. The maximum atomic E-state index is 12.9. The molecule has 0 radical (unpaired) electrons. The molecule has 0 fully saturated rings. The first-order valence-electron chi connectivity index (χ1n) is 10.4. The molecule has 0 unspecified atom stereocenters. The normalized spacial score (nSPS) is 11.4. The molecular weight excluding hydrogens is 478 g/mol. The molecule has 0 aliphatic rings. The second-order valence-corrected chi connectivity index (χ2v) is 8.18. The number of aryl methyl sites for hydroxylation is 1. The van der Waals surface area contributed by atoms with Crippen molar-refractivity contribution in [3.8, 4) is 23.0 Å². The third-order valence-corrected chi connectivity index (χ3v) is 5.75. The van der Waals surface area contributed by atoms with E-state index in [0.29, 0.717) is 16.4 Å². The summed E-state index contributed by atoms with van der Waals surface area (Å²) in [6, 6.07) is 4.48. The lowest BCUT2D eigenvalue weighted by Crippen LogP contribution is -2.34. The highest BCUT2D eigenvalue weighted by molar-refractivity contribution is 7.13. The maximum absolute atomic E-state index is 12.9. The topological polar surface area (TPSA) is 149 Å². The number of hydrogen-bond acceptors (Lipinski definition) is 10. The Morgan fingerprint density at radius 3 is 2.49 bits per heavy atom. The van der Waals surface area contributed by atoms with E-state index in [1.807, 2.05) is 0 Å². The average molecular weight is 504 g/mol. The summed E-state index contributed by atoms with van der Waals surface area (Å²) in [5.74, 6) is -1.32. The molecular formula is C23H25N3O8S. The summed E-state index contributed by atoms with van der Waals surface area (Å²) >= 11 is 1.24. The Morgan fingerprint density at radius 2 is 1.89 bits per heavy atom. The molecule has 0 spiro atoms. The Kier molecular flexibility index (Phi) is 8.31. The van der Waals surface area contributed by atoms with Gasteiger partial charge in [0, 0.05) is 35.5 Å². The summed E-state index contributed by atoms with van der Waals surface area (Å²) in [6.45, 7) is 1.20. The Morgan fingerprint density at radius 1 is 1.14 bits per heavy atom. The number of ether oxygens (including phenoxy) is 3. The van der Waals surface area contributed by atoms with Gasteiger partial charge >= 0.3 is 5.63 Å². The standard InChI is InChI=1S/C23H25N3O8S/c1-12-9-15(27)19(22(30)34-12)14(13-5-6-16(31-2)21(33-4)20(13)32-3)10-17(28)25-11-18(29)26-23-24-7-8-35-23/h5-9,14,27H,10-11H2,1-4H3,(H,25,28)(H,24,26,29)/t14-/m0/s1. The minimum atomic E-state index is -0.997. The van der Waals surface area contributed by atoms with Crippen molar-refractivity contribution in [2.75, 3.05) is 33.2 Å². The number of aromatic nitrogens is 1. The predicted octanol–water partition coefficient (Wildman–Crippen LogP) is 2.41. The zero-order chi connectivity index (χ0) is 25.5. The van der Waals surface area contributed by atoms with E-state index in [-0.39, 0.29) is 41.5 Å². The second kappa shape index (κ2) is 11.4. The van der Waals surface area contributed by atoms with Gasteiger partial charge in [-0.25, -0.2) is 9.78 Å². The lowest BCUT2D eigenvalue weighted by Gasteiger charge is -2.22. The van der Waals surface area contributed by atoms with E-state index in [4.69, 9.17) is 18.6 Å². The van der Waals surface area contributed by atoms with Gasteiger partial charge in [0.2, 0.25) is 17.6 Å². The number of carbonyl (C=O) groups excluding carboxylic acids is 2. The molecule has 0 saturated carbocycles. The van der Waals surface area contributed by atoms with Crippen molar-refractivity contribution in [3.05, 3.63) is 57.1 Å². The van der Waals surface area contributed by atoms with Crippen LogP contribution in [0.2, 0.25) is 0 Å². The van der Waals surface area contributed by atoms with Crippen molar-refractivity contribution in [2.24, 2.45) is 0 Å². The molecule has 35 heavy (non-hydrogen) atoms. The zero-order valence-corrected chi connectivity index (χ0v) is 20.4. The Balaban J connectivity index is 1.95. The van der Waals surface area contributed by atoms with Crippen molar-refractivity contribution < 1.29 is 33.3 Å². The number of methoxy groups -OCH3 is 3. The van der Waals surface area contributed by atoms with Crippen LogP contribution in [0, 0.1) is 6.92 Å². The smallest absolute Gasteiger partial charge is 0.343 e. The lowest BCUT2D eigenvalue weighted by molar-refractivity contribution is -0.124. The van der Waals surface area contributed by atoms with E-state index < -0.39 is 23.4 Å². The van der Waals surface area contributed by atoms with Gasteiger partial charge in [0.25, 0.3) is 0 Å². The fourth-order valence-corrected chi connectivity index (χ4v) is 4.12. The average Bonchev–Trinajstić information content (AvgIpc) is 3.33. The summed E-state index contributed by atoms with van der Waals surface area (Å²) in [4.78, 5) is 41.7. The van der Waals surface area contributed by atoms with Gasteiger partial charge in [0.05, 0.1) is 33.4 Å². The molecule has 0 aliphatic carbocycles. The van der Waals surface area contributed by atoms with Gasteiger partial charge in [-0.05, 0) is 13.0 Å². The summed E-state index contributed by atoms with van der Waals surface area (Å²) in [5, 5.41) is 17.8. The minimum absolute atomic E-state index is 0.136. The summed E-state index contributed by atoms with van der Waals surface area (Å²) in [6.07, 6.45) is 1.23. The first-order chi connectivity index (χ1) is 16.8. The highest BCUT2D eigenvalue weighted by Gasteiger charge is 2.30. The van der Waals surface area contributed by atoms with Gasteiger partial charge in [0.15, 0.2) is 16.6 Å². The van der Waals surface area contributed by atoms with Gasteiger partial charge in [-0.3, -0.25) is 9.59 Å². The number of anilines is 1. The zero-order valence-electron chi connectivity index (χ0n) is 19.5. The van der Waals surface area contributed by atoms with Crippen LogP contribution in [0.5, 0.6) is 23.0 Å². The van der Waals surface area contributed by atoms with Crippen LogP contribution < -0.4 is 30.5 Å². The Hall–Kier alpha value is -4.06. The van der Waals surface area contributed by atoms with Crippen molar-refractivity contribution in [2.45, 2.75) is 19.3 Å². The van der Waals surface area contributed by atoms with E-state index in [2.05, 4.69) is 15.6 Å². The first kappa shape index (κ1) is 25.6. The summed E-state index contributed by atoms with van der Waals surface area (Å²) < 4.78 is 21.5. The molecule has 2 aromatic heterocycles. The van der Waals surface area contributed by atoms with Crippen LogP contribution in [0.4, 0.5) is 5.13 Å². The fourth-order valence-electron chi connectivity index (χ4n) is 3.58. The Bertz CT molecular complexity index is 1260. The number of nitrogens with zero attached hydrogens (tertiary/aromatic N) is 1. The van der Waals surface area contributed by atoms with Gasteiger partial charge in [-0.15, -0.1) is 11.3 Å². The molecule has 1 aromatic carbocycles. The largest absolute Gasteiger partial charge is 0.507 e. The number of hydrogen-bond donors (Lipinski definition) is 3. The minimum Gasteiger partial charge on any atom is -0.507 e. The monoisotopic (exact) mass is 503 g/mol. The number of benzene rings is 1. The lowest BCUT2D eigenvalue weighted by atomic mass is 9.87. The highest BCUT2D eigenvalue weighted by Crippen LogP contribution is 2.45. The predicted molar refractivity (Wildman–Crippen MR) is 128 cm³/mol. The van der Waals surface area contributed by atoms with Crippen LogP contribution in [0.3, 0.4) is 0 Å². The molecule has 3 rings (SSSR count). The van der Waals surface area contributed by atoms with Gasteiger partial charge < -0.3 is 34.4 Å². The van der Waals surface area contributed by atoms with Crippen LogP contribution >= 0.6 is 11.3 Å². The second-order valence-electron chi connectivity index (χ2n) is 7.29. The van der Waals surface area contributed by atoms with Crippen LogP contribution in [0.1, 0.15) is 29.2 Å². The molecule has 12 heteroatoms. The van der Waals surface area contributed by atoms with Crippen molar-refractivity contribution in [1.29, 1.82) is 0 Å². The number of amides is 2. The van der Waals surface area contributed by atoms with E-state index in [0.717, 1.165) is 0 Å². The molecule has 2 amide bonds. The van der Waals surface area contributed by atoms with Crippen LogP contribution in [-0.4, -0.2) is 49.8 Å². The molecule has 2 heterocycles. The quantitative estimate of drug-likeness (QED) is 0.379. The third-order valence-electron chi connectivity index (χ3n) is 5.06. The number of carbonyl (C=O) groups is 2. The SMILES string of the molecule is COc1ccc([C@H](CC(=O)NCC(=O)Nc2nccs2)c2c(O)cc(C)oc2=O)c(OC)c1OC. The van der Waals surface area contributed by atoms with E-state index in [9.17, 15) is 19.5 Å². The number of thiazole rings is 1. The molecule has 0 saturated heterocycles. The first-order valence-corrected chi connectivity index (χ1v) is 11.3. The van der Waals surface area contributed by atoms with E-state index in [1.165, 1.54) is 45.7 Å². The van der Waals surface area contributed by atoms with E-state index >= 15 is 0 Å². The Labute approximate surface area is 204 Å². The molecule has 0 bridgehead atoms. The fraction of sp³-hybridized carbons (Fsp3) is 0.304. The van der Waals surface area contributed by atoms with Crippen molar-refractivity contribution in [3.63, 3.8) is 0 Å². The van der Waals surface area contributed by atoms with Crippen LogP contribution in [0.15, 0.2) is 39.0 Å². The van der Waals surface area contributed by atoms with Gasteiger partial charge in [-0.2, -0.15) is 0 Å². The number of rotatable bonds is 10. The molecule has 1 atom stereocenters. The third kappa shape index (κ3) is 5.90. The van der Waals surface area contributed by atoms with Gasteiger partial charge in [-0.1, -0.05) is 6.07 Å². The molecule has 3 aromatic rings. The van der Waals surface area contributed by atoms with Crippen molar-refractivity contribution in [1.82, 2.24) is 10.3 Å². The maximum Gasteiger partial charge on any atom is 0.343 e. The molecule has 3 N–H and O–H groups in total. The van der Waals surface area contributed by atoms with Crippen molar-refractivity contribution >= 4 is 28.3 Å². The summed E-state index contributed by atoms with van der Waals surface area (Å²) in [5.41, 5.74) is -0.568. The number of aromatic hydroxyl groups is 1. The van der Waals surface area contributed by atoms with Gasteiger partial charge in [0.1, 0.15) is 11.5 Å².